The summed E-state index contributed by atoms with van der Waals surface area (Å²) in [5.41, 5.74) is 6.46. The van der Waals surface area contributed by atoms with Crippen LogP contribution < -0.4 is 5.32 Å². The Morgan fingerprint density at radius 2 is 1.97 bits per heavy atom. The topological polar surface area (TPSA) is 67.8 Å². The Hall–Kier alpha value is -2.63. The lowest BCUT2D eigenvalue weighted by Crippen LogP contribution is -2.39. The zero-order valence-electron chi connectivity index (χ0n) is 19.3. The summed E-state index contributed by atoms with van der Waals surface area (Å²) in [5.74, 6) is 0.797. The van der Waals surface area contributed by atoms with Gasteiger partial charge in [0.15, 0.2) is 5.76 Å². The maximum atomic E-state index is 13.0. The van der Waals surface area contributed by atoms with E-state index in [1.165, 1.54) is 40.7 Å². The smallest absolute Gasteiger partial charge is 0.286 e. The summed E-state index contributed by atoms with van der Waals surface area (Å²) in [5, 5.41) is 12.6. The van der Waals surface area contributed by atoms with Crippen molar-refractivity contribution in [1.82, 2.24) is 5.32 Å². The molecule has 0 spiro atoms. The molecule has 5 nitrogen and oxygen atoms in total. The molecule has 1 saturated carbocycles. The van der Waals surface area contributed by atoms with Crippen LogP contribution in [0.3, 0.4) is 0 Å². The molecule has 1 amide bonds. The van der Waals surface area contributed by atoms with Crippen LogP contribution in [0.25, 0.3) is 11.1 Å². The number of rotatable bonds is 9. The van der Waals surface area contributed by atoms with Gasteiger partial charge in [-0.25, -0.2) is 0 Å². The lowest BCUT2D eigenvalue weighted by molar-refractivity contribution is -0.166. The number of aliphatic hydroxyl groups excluding tert-OH is 1. The van der Waals surface area contributed by atoms with Crippen molar-refractivity contribution in [2.24, 2.45) is 11.8 Å². The van der Waals surface area contributed by atoms with Crippen LogP contribution in [0.1, 0.15) is 55.2 Å². The number of carbonyl (C=O) groups is 1. The maximum absolute atomic E-state index is 13.0. The van der Waals surface area contributed by atoms with Gasteiger partial charge >= 0.3 is 0 Å². The average Bonchev–Trinajstić information content (AvgIpc) is 3.59. The van der Waals surface area contributed by atoms with E-state index in [0.717, 1.165) is 12.8 Å². The van der Waals surface area contributed by atoms with Crippen molar-refractivity contribution >= 4 is 5.91 Å². The molecule has 0 aromatic heterocycles. The van der Waals surface area contributed by atoms with Gasteiger partial charge in [-0.1, -0.05) is 42.5 Å². The monoisotopic (exact) mass is 447 g/mol. The summed E-state index contributed by atoms with van der Waals surface area (Å²) in [6.07, 6.45) is 6.17. The Morgan fingerprint density at radius 3 is 2.76 bits per heavy atom. The molecule has 5 rings (SSSR count). The molecular formula is C28H33NO4. The Labute approximate surface area is 195 Å². The van der Waals surface area contributed by atoms with Gasteiger partial charge in [0.25, 0.3) is 5.91 Å². The lowest BCUT2D eigenvalue weighted by Gasteiger charge is -2.37. The van der Waals surface area contributed by atoms with E-state index in [0.29, 0.717) is 31.2 Å². The predicted molar refractivity (Wildman–Crippen MR) is 128 cm³/mol. The predicted octanol–water partition coefficient (Wildman–Crippen LogP) is 4.53. The number of carbonyl (C=O) groups excluding carboxylic acids is 1. The standard InChI is InChI=1S/C28H33NO4/c1-2-32-28-23(11-6-14-30)25(16-26(33-28)27(31)29-17-18-12-13-18)22-10-5-9-21-20-8-4-3-7-19(20)15-24(21)22/h3-5,7-10,16,18,23,25,28,30H,2,6,11-15,17H2,1H3,(H,29,31)/t23-,25-,28-/m0/s1. The van der Waals surface area contributed by atoms with Crippen LogP contribution in [0.5, 0.6) is 0 Å². The van der Waals surface area contributed by atoms with Crippen molar-refractivity contribution in [2.45, 2.75) is 51.2 Å². The molecule has 1 fully saturated rings. The minimum absolute atomic E-state index is 0.0206. The van der Waals surface area contributed by atoms with Crippen LogP contribution in [0.15, 0.2) is 54.3 Å². The summed E-state index contributed by atoms with van der Waals surface area (Å²) >= 11 is 0. The molecule has 0 unspecified atom stereocenters. The van der Waals surface area contributed by atoms with Gasteiger partial charge < -0.3 is 19.9 Å². The third kappa shape index (κ3) is 4.57. The number of benzene rings is 2. The van der Waals surface area contributed by atoms with Gasteiger partial charge in [-0.3, -0.25) is 4.79 Å². The van der Waals surface area contributed by atoms with Gasteiger partial charge in [0.1, 0.15) is 0 Å². The van der Waals surface area contributed by atoms with Gasteiger partial charge in [-0.05, 0) is 78.8 Å². The van der Waals surface area contributed by atoms with Crippen molar-refractivity contribution in [3.05, 3.63) is 71.0 Å². The lowest BCUT2D eigenvalue weighted by atomic mass is 9.78. The molecule has 0 bridgehead atoms. The second-order valence-corrected chi connectivity index (χ2v) is 9.39. The Bertz CT molecular complexity index is 1040. The highest BCUT2D eigenvalue weighted by Gasteiger charge is 2.39. The van der Waals surface area contributed by atoms with Gasteiger partial charge in [-0.15, -0.1) is 0 Å². The van der Waals surface area contributed by atoms with Crippen LogP contribution in [0.4, 0.5) is 0 Å². The van der Waals surface area contributed by atoms with E-state index >= 15 is 0 Å². The van der Waals surface area contributed by atoms with Crippen LogP contribution in [0.2, 0.25) is 0 Å². The zero-order chi connectivity index (χ0) is 22.8. The maximum Gasteiger partial charge on any atom is 0.286 e. The van der Waals surface area contributed by atoms with Gasteiger partial charge in [0.2, 0.25) is 6.29 Å². The van der Waals surface area contributed by atoms with E-state index in [1.807, 2.05) is 13.0 Å². The number of amides is 1. The summed E-state index contributed by atoms with van der Waals surface area (Å²) in [6.45, 7) is 3.28. The molecule has 33 heavy (non-hydrogen) atoms. The molecule has 2 aromatic carbocycles. The molecule has 3 aliphatic rings. The quantitative estimate of drug-likeness (QED) is 0.506. The summed E-state index contributed by atoms with van der Waals surface area (Å²) in [7, 11) is 0. The van der Waals surface area contributed by atoms with E-state index in [1.54, 1.807) is 0 Å². The SMILES string of the molecule is CCO[C@H]1OC(C(=O)NCC2CC2)=C[C@@H](c2cccc3c2Cc2ccccc2-3)[C@@H]1CCCO. The highest BCUT2D eigenvalue weighted by atomic mass is 16.7. The number of hydrogen-bond donors (Lipinski definition) is 2. The van der Waals surface area contributed by atoms with E-state index in [-0.39, 0.29) is 24.3 Å². The normalized spacial score (nSPS) is 23.3. The van der Waals surface area contributed by atoms with Crippen molar-refractivity contribution in [1.29, 1.82) is 0 Å². The molecule has 2 N–H and O–H groups in total. The van der Waals surface area contributed by atoms with Gasteiger partial charge in [0.05, 0.1) is 0 Å². The fraction of sp³-hybridized carbons (Fsp3) is 0.464. The molecule has 0 saturated heterocycles. The second kappa shape index (κ2) is 9.70. The molecule has 2 aromatic rings. The number of aliphatic hydroxyl groups is 1. The van der Waals surface area contributed by atoms with E-state index < -0.39 is 6.29 Å². The highest BCUT2D eigenvalue weighted by Crippen LogP contribution is 2.46. The number of hydrogen-bond acceptors (Lipinski definition) is 4. The summed E-state index contributed by atoms with van der Waals surface area (Å²) in [4.78, 5) is 13.0. The molecule has 1 heterocycles. The van der Waals surface area contributed by atoms with Gasteiger partial charge in [-0.2, -0.15) is 0 Å². The third-order valence-electron chi connectivity index (χ3n) is 7.13. The Kier molecular flexibility index (Phi) is 6.52. The molecule has 3 atom stereocenters. The number of fused-ring (bicyclic) bond motifs is 3. The van der Waals surface area contributed by atoms with Gasteiger partial charge in [0, 0.05) is 31.6 Å². The van der Waals surface area contributed by atoms with Crippen molar-refractivity contribution in [2.75, 3.05) is 19.8 Å². The number of nitrogens with one attached hydrogen (secondary N) is 1. The Morgan fingerprint density at radius 1 is 1.15 bits per heavy atom. The molecular weight excluding hydrogens is 414 g/mol. The Balaban J connectivity index is 1.53. The minimum Gasteiger partial charge on any atom is -0.459 e. The molecule has 5 heteroatoms. The summed E-state index contributed by atoms with van der Waals surface area (Å²) < 4.78 is 12.1. The highest BCUT2D eigenvalue weighted by molar-refractivity contribution is 5.92. The zero-order valence-corrected chi connectivity index (χ0v) is 19.3. The van der Waals surface area contributed by atoms with Crippen molar-refractivity contribution in [3.63, 3.8) is 0 Å². The van der Waals surface area contributed by atoms with Crippen LogP contribution in [0, 0.1) is 11.8 Å². The van der Waals surface area contributed by atoms with E-state index in [4.69, 9.17) is 9.47 Å². The van der Waals surface area contributed by atoms with Crippen LogP contribution >= 0.6 is 0 Å². The molecule has 0 radical (unpaired) electrons. The third-order valence-corrected chi connectivity index (χ3v) is 7.13. The van der Waals surface area contributed by atoms with Crippen molar-refractivity contribution in [3.8, 4) is 11.1 Å². The second-order valence-electron chi connectivity index (χ2n) is 9.39. The average molecular weight is 448 g/mol. The largest absolute Gasteiger partial charge is 0.459 e. The fourth-order valence-corrected chi connectivity index (χ4v) is 5.26. The number of ether oxygens (including phenoxy) is 2. The first-order valence-electron chi connectivity index (χ1n) is 12.3. The van der Waals surface area contributed by atoms with Crippen LogP contribution in [-0.2, 0) is 20.7 Å². The first-order valence-corrected chi connectivity index (χ1v) is 12.3. The van der Waals surface area contributed by atoms with E-state index in [9.17, 15) is 9.90 Å². The van der Waals surface area contributed by atoms with Crippen LogP contribution in [-0.4, -0.2) is 37.1 Å². The first kappa shape index (κ1) is 22.2. The first-order chi connectivity index (χ1) is 16.2. The minimum atomic E-state index is -0.516. The van der Waals surface area contributed by atoms with Crippen molar-refractivity contribution < 1.29 is 19.4 Å². The van der Waals surface area contributed by atoms with E-state index in [2.05, 4.69) is 47.8 Å². The molecule has 1 aliphatic heterocycles. The fourth-order valence-electron chi connectivity index (χ4n) is 5.26. The summed E-state index contributed by atoms with van der Waals surface area (Å²) in [6, 6.07) is 15.1. The number of allylic oxidation sites excluding steroid dienone is 1. The molecule has 174 valence electrons. The molecule has 2 aliphatic carbocycles.